The predicted molar refractivity (Wildman–Crippen MR) is 99.5 cm³/mol. The van der Waals surface area contributed by atoms with Crippen molar-refractivity contribution < 1.29 is 17.9 Å². The van der Waals surface area contributed by atoms with Gasteiger partial charge in [-0.05, 0) is 56.4 Å². The molecule has 2 aliphatic rings. The molecule has 1 fully saturated rings. The van der Waals surface area contributed by atoms with Crippen molar-refractivity contribution in [2.24, 2.45) is 0 Å². The number of hydrogen-bond acceptors (Lipinski definition) is 4. The highest BCUT2D eigenvalue weighted by molar-refractivity contribution is 7.89. The number of nitrogens with zero attached hydrogens (tertiary/aromatic N) is 1. The molecule has 26 heavy (non-hydrogen) atoms. The smallest absolute Gasteiger partial charge is 0.251 e. The van der Waals surface area contributed by atoms with Crippen LogP contribution < -0.4 is 5.32 Å². The molecule has 1 aromatic rings. The second kappa shape index (κ2) is 8.79. The number of nitrogens with one attached hydrogen (secondary N) is 1. The lowest BCUT2D eigenvalue weighted by atomic mass is 9.97. The van der Waals surface area contributed by atoms with Gasteiger partial charge in [0.15, 0.2) is 0 Å². The molecule has 1 amide bonds. The van der Waals surface area contributed by atoms with Crippen molar-refractivity contribution in [3.05, 3.63) is 41.5 Å². The number of ether oxygens (including phenoxy) is 1. The molecule has 1 N–H and O–H groups in total. The van der Waals surface area contributed by atoms with Gasteiger partial charge in [-0.25, -0.2) is 8.42 Å². The molecule has 142 valence electrons. The number of carbonyl (C=O) groups excluding carboxylic acids is 1. The molecule has 1 aliphatic heterocycles. The largest absolute Gasteiger partial charge is 0.379 e. The van der Waals surface area contributed by atoms with Gasteiger partial charge in [0.05, 0.1) is 18.1 Å². The van der Waals surface area contributed by atoms with E-state index in [2.05, 4.69) is 11.4 Å². The van der Waals surface area contributed by atoms with E-state index in [9.17, 15) is 13.2 Å². The molecule has 0 spiro atoms. The summed E-state index contributed by atoms with van der Waals surface area (Å²) in [5, 5.41) is 2.91. The molecule has 0 unspecified atom stereocenters. The second-order valence-electron chi connectivity index (χ2n) is 6.65. The van der Waals surface area contributed by atoms with Crippen molar-refractivity contribution in [1.29, 1.82) is 0 Å². The van der Waals surface area contributed by atoms with Gasteiger partial charge in [-0.3, -0.25) is 4.79 Å². The molecule has 0 saturated carbocycles. The minimum atomic E-state index is -3.52. The SMILES string of the molecule is O=C(NCCC1=CCCCC1)c1ccc(S(=O)(=O)N2CCOCC2)cc1. The van der Waals surface area contributed by atoms with E-state index in [-0.39, 0.29) is 10.8 Å². The van der Waals surface area contributed by atoms with Crippen molar-refractivity contribution in [2.45, 2.75) is 37.0 Å². The van der Waals surface area contributed by atoms with Crippen molar-refractivity contribution in [3.63, 3.8) is 0 Å². The van der Waals surface area contributed by atoms with Gasteiger partial charge < -0.3 is 10.1 Å². The summed E-state index contributed by atoms with van der Waals surface area (Å²) in [5.41, 5.74) is 1.90. The topological polar surface area (TPSA) is 75.7 Å². The number of amides is 1. The molecule has 1 heterocycles. The maximum absolute atomic E-state index is 12.6. The number of allylic oxidation sites excluding steroid dienone is 1. The molecule has 1 saturated heterocycles. The van der Waals surface area contributed by atoms with Crippen LogP contribution >= 0.6 is 0 Å². The monoisotopic (exact) mass is 378 g/mol. The van der Waals surface area contributed by atoms with Crippen molar-refractivity contribution >= 4 is 15.9 Å². The van der Waals surface area contributed by atoms with Gasteiger partial charge in [-0.15, -0.1) is 0 Å². The number of morpholine rings is 1. The van der Waals surface area contributed by atoms with E-state index in [0.717, 1.165) is 19.3 Å². The van der Waals surface area contributed by atoms with Gasteiger partial charge in [0, 0.05) is 25.2 Å². The first-order valence-corrected chi connectivity index (χ1v) is 10.7. The quantitative estimate of drug-likeness (QED) is 0.771. The lowest BCUT2D eigenvalue weighted by Crippen LogP contribution is -2.40. The Morgan fingerprint density at radius 3 is 2.50 bits per heavy atom. The molecular formula is C19H26N2O4S. The first kappa shape index (κ1) is 19.1. The summed E-state index contributed by atoms with van der Waals surface area (Å²) in [6.45, 7) is 2.16. The lowest BCUT2D eigenvalue weighted by Gasteiger charge is -2.26. The van der Waals surface area contributed by atoms with E-state index in [1.807, 2.05) is 0 Å². The third-order valence-electron chi connectivity index (χ3n) is 4.84. The Kier molecular flexibility index (Phi) is 6.45. The summed E-state index contributed by atoms with van der Waals surface area (Å²) in [7, 11) is -3.52. The third kappa shape index (κ3) is 4.72. The van der Waals surface area contributed by atoms with Crippen LogP contribution in [-0.4, -0.2) is 51.5 Å². The molecule has 1 aliphatic carbocycles. The average Bonchev–Trinajstić information content (AvgIpc) is 2.69. The number of sulfonamides is 1. The Bertz CT molecular complexity index is 750. The molecule has 0 radical (unpaired) electrons. The first-order valence-electron chi connectivity index (χ1n) is 9.21. The summed E-state index contributed by atoms with van der Waals surface area (Å²) in [5.74, 6) is -0.170. The maximum Gasteiger partial charge on any atom is 0.251 e. The van der Waals surface area contributed by atoms with Gasteiger partial charge in [-0.1, -0.05) is 11.6 Å². The van der Waals surface area contributed by atoms with Gasteiger partial charge in [0.2, 0.25) is 10.0 Å². The Balaban J connectivity index is 1.56. The van der Waals surface area contributed by atoms with Crippen LogP contribution in [0, 0.1) is 0 Å². The van der Waals surface area contributed by atoms with Crippen LogP contribution in [-0.2, 0) is 14.8 Å². The molecule has 7 heteroatoms. The summed E-state index contributed by atoms with van der Waals surface area (Å²) >= 11 is 0. The number of carbonyl (C=O) groups is 1. The number of benzene rings is 1. The van der Waals surface area contributed by atoms with E-state index in [1.54, 1.807) is 12.1 Å². The molecular weight excluding hydrogens is 352 g/mol. The number of rotatable bonds is 6. The minimum Gasteiger partial charge on any atom is -0.379 e. The zero-order chi connectivity index (χ0) is 18.4. The summed E-state index contributed by atoms with van der Waals surface area (Å²) < 4.78 is 31.8. The van der Waals surface area contributed by atoms with Crippen molar-refractivity contribution in [3.8, 4) is 0 Å². The van der Waals surface area contributed by atoms with E-state index in [1.165, 1.54) is 34.9 Å². The van der Waals surface area contributed by atoms with Crippen LogP contribution in [0.4, 0.5) is 0 Å². The summed E-state index contributed by atoms with van der Waals surface area (Å²) in [6.07, 6.45) is 7.93. The highest BCUT2D eigenvalue weighted by atomic mass is 32.2. The normalized spacial score (nSPS) is 19.0. The van der Waals surface area contributed by atoms with E-state index < -0.39 is 10.0 Å². The van der Waals surface area contributed by atoms with Gasteiger partial charge in [-0.2, -0.15) is 4.31 Å². The Morgan fingerprint density at radius 1 is 1.12 bits per heavy atom. The van der Waals surface area contributed by atoms with E-state index in [4.69, 9.17) is 4.74 Å². The van der Waals surface area contributed by atoms with Crippen LogP contribution in [0.3, 0.4) is 0 Å². The molecule has 0 bridgehead atoms. The van der Waals surface area contributed by atoms with E-state index >= 15 is 0 Å². The molecule has 1 aromatic carbocycles. The predicted octanol–water partition coefficient (Wildman–Crippen LogP) is 2.33. The summed E-state index contributed by atoms with van der Waals surface area (Å²) in [4.78, 5) is 12.5. The fraction of sp³-hybridized carbons (Fsp3) is 0.526. The second-order valence-corrected chi connectivity index (χ2v) is 8.59. The van der Waals surface area contributed by atoms with Crippen LogP contribution in [0.2, 0.25) is 0 Å². The molecule has 0 atom stereocenters. The van der Waals surface area contributed by atoms with E-state index in [0.29, 0.717) is 38.4 Å². The van der Waals surface area contributed by atoms with Crippen molar-refractivity contribution in [1.82, 2.24) is 9.62 Å². The Labute approximate surface area is 155 Å². The fourth-order valence-electron chi connectivity index (χ4n) is 3.28. The van der Waals surface area contributed by atoms with Crippen LogP contribution in [0.25, 0.3) is 0 Å². The minimum absolute atomic E-state index is 0.170. The third-order valence-corrected chi connectivity index (χ3v) is 6.75. The molecule has 0 aromatic heterocycles. The highest BCUT2D eigenvalue weighted by Crippen LogP contribution is 2.20. The fourth-order valence-corrected chi connectivity index (χ4v) is 4.69. The average molecular weight is 378 g/mol. The summed E-state index contributed by atoms with van der Waals surface area (Å²) in [6, 6.07) is 6.15. The van der Waals surface area contributed by atoms with Crippen molar-refractivity contribution in [2.75, 3.05) is 32.8 Å². The van der Waals surface area contributed by atoms with Crippen LogP contribution in [0.1, 0.15) is 42.5 Å². The molecule has 6 nitrogen and oxygen atoms in total. The highest BCUT2D eigenvalue weighted by Gasteiger charge is 2.26. The Hall–Kier alpha value is -1.70. The zero-order valence-corrected chi connectivity index (χ0v) is 15.8. The molecule has 3 rings (SSSR count). The first-order chi connectivity index (χ1) is 12.6. The zero-order valence-electron chi connectivity index (χ0n) is 14.9. The maximum atomic E-state index is 12.6. The van der Waals surface area contributed by atoms with Gasteiger partial charge in [0.25, 0.3) is 5.91 Å². The Morgan fingerprint density at radius 2 is 1.85 bits per heavy atom. The number of hydrogen-bond donors (Lipinski definition) is 1. The lowest BCUT2D eigenvalue weighted by molar-refractivity contribution is 0.0730. The van der Waals surface area contributed by atoms with Gasteiger partial charge in [0.1, 0.15) is 0 Å². The van der Waals surface area contributed by atoms with Crippen LogP contribution in [0.5, 0.6) is 0 Å². The van der Waals surface area contributed by atoms with Crippen LogP contribution in [0.15, 0.2) is 40.8 Å². The van der Waals surface area contributed by atoms with Gasteiger partial charge >= 0.3 is 0 Å². The standard InChI is InChI=1S/C19H26N2O4S/c22-19(20-11-10-16-4-2-1-3-5-16)17-6-8-18(9-7-17)26(23,24)21-12-14-25-15-13-21/h4,6-9H,1-3,5,10-15H2,(H,20,22).